The molecule has 0 unspecified atom stereocenters. The Morgan fingerprint density at radius 3 is 2.62 bits per heavy atom. The summed E-state index contributed by atoms with van der Waals surface area (Å²) in [4.78, 5) is 14.9. The minimum absolute atomic E-state index is 0.0268. The van der Waals surface area contributed by atoms with Crippen LogP contribution < -0.4 is 0 Å². The molecule has 0 N–H and O–H groups in total. The van der Waals surface area contributed by atoms with Crippen molar-refractivity contribution >= 4 is 29.0 Å². The first kappa shape index (κ1) is 11.1. The van der Waals surface area contributed by atoms with Crippen molar-refractivity contribution in [2.24, 2.45) is 0 Å². The highest BCUT2D eigenvalue weighted by molar-refractivity contribution is 6.42. The number of nitrogens with zero attached hydrogens (tertiary/aromatic N) is 2. The van der Waals surface area contributed by atoms with E-state index in [9.17, 15) is 4.79 Å². The van der Waals surface area contributed by atoms with Crippen molar-refractivity contribution in [2.75, 3.05) is 0 Å². The Bertz CT molecular complexity index is 552. The van der Waals surface area contributed by atoms with E-state index in [0.29, 0.717) is 21.4 Å². The molecule has 2 aromatic rings. The van der Waals surface area contributed by atoms with Crippen molar-refractivity contribution in [2.45, 2.75) is 6.92 Å². The number of Topliss-reactive ketones (excluding diaryl/α,β-unsaturated/α-hetero) is 1. The first-order valence-corrected chi connectivity index (χ1v) is 5.13. The lowest BCUT2D eigenvalue weighted by atomic mass is 10.2. The van der Waals surface area contributed by atoms with Gasteiger partial charge < -0.3 is 4.52 Å². The Morgan fingerprint density at radius 2 is 2.06 bits per heavy atom. The summed E-state index contributed by atoms with van der Waals surface area (Å²) in [6.07, 6.45) is 0. The molecule has 1 aromatic heterocycles. The monoisotopic (exact) mass is 256 g/mol. The summed E-state index contributed by atoms with van der Waals surface area (Å²) in [6.45, 7) is 1.35. The quantitative estimate of drug-likeness (QED) is 0.775. The van der Waals surface area contributed by atoms with Crippen LogP contribution in [0.15, 0.2) is 22.7 Å². The molecule has 0 bridgehead atoms. The van der Waals surface area contributed by atoms with Gasteiger partial charge in [0.05, 0.1) is 10.0 Å². The van der Waals surface area contributed by atoms with E-state index < -0.39 is 0 Å². The number of carbonyl (C=O) groups excluding carboxylic acids is 1. The second-order valence-corrected chi connectivity index (χ2v) is 3.92. The van der Waals surface area contributed by atoms with Gasteiger partial charge >= 0.3 is 0 Å². The number of carbonyl (C=O) groups is 1. The van der Waals surface area contributed by atoms with E-state index in [1.165, 1.54) is 6.92 Å². The van der Waals surface area contributed by atoms with Gasteiger partial charge in [0.25, 0.3) is 5.89 Å². The highest BCUT2D eigenvalue weighted by Crippen LogP contribution is 2.26. The average Bonchev–Trinajstić information content (AvgIpc) is 2.71. The van der Waals surface area contributed by atoms with Crippen LogP contribution in [0.3, 0.4) is 0 Å². The minimum Gasteiger partial charge on any atom is -0.330 e. The summed E-state index contributed by atoms with van der Waals surface area (Å²) in [5, 5.41) is 4.51. The zero-order chi connectivity index (χ0) is 11.7. The van der Waals surface area contributed by atoms with Gasteiger partial charge in [0, 0.05) is 12.5 Å². The number of rotatable bonds is 2. The summed E-state index contributed by atoms with van der Waals surface area (Å²) in [5.74, 6) is 0.00338. The molecule has 0 aliphatic carbocycles. The molecule has 0 aliphatic rings. The molecule has 0 amide bonds. The third kappa shape index (κ3) is 2.08. The summed E-state index contributed by atoms with van der Waals surface area (Å²) >= 11 is 11.6. The number of halogens is 2. The van der Waals surface area contributed by atoms with Gasteiger partial charge in [-0.2, -0.15) is 4.98 Å². The van der Waals surface area contributed by atoms with E-state index in [4.69, 9.17) is 27.7 Å². The second kappa shape index (κ2) is 4.23. The Labute approximate surface area is 101 Å². The van der Waals surface area contributed by atoms with Crippen molar-refractivity contribution in [3.05, 3.63) is 34.1 Å². The van der Waals surface area contributed by atoms with Crippen molar-refractivity contribution in [1.29, 1.82) is 0 Å². The van der Waals surface area contributed by atoms with Gasteiger partial charge in [-0.05, 0) is 18.2 Å². The van der Waals surface area contributed by atoms with E-state index >= 15 is 0 Å². The van der Waals surface area contributed by atoms with Gasteiger partial charge in [-0.15, -0.1) is 0 Å². The fourth-order valence-corrected chi connectivity index (χ4v) is 1.42. The van der Waals surface area contributed by atoms with Crippen molar-refractivity contribution in [3.8, 4) is 11.4 Å². The largest absolute Gasteiger partial charge is 0.330 e. The van der Waals surface area contributed by atoms with Crippen LogP contribution >= 0.6 is 23.2 Å². The molecule has 4 nitrogen and oxygen atoms in total. The smallest absolute Gasteiger partial charge is 0.294 e. The Hall–Kier alpha value is -1.39. The van der Waals surface area contributed by atoms with E-state index in [2.05, 4.69) is 10.1 Å². The molecule has 0 radical (unpaired) electrons. The van der Waals surface area contributed by atoms with Crippen molar-refractivity contribution in [3.63, 3.8) is 0 Å². The lowest BCUT2D eigenvalue weighted by molar-refractivity contribution is 0.0972. The zero-order valence-electron chi connectivity index (χ0n) is 8.20. The molecule has 0 aliphatic heterocycles. The summed E-state index contributed by atoms with van der Waals surface area (Å²) in [7, 11) is 0. The molecule has 6 heteroatoms. The molecule has 0 spiro atoms. The van der Waals surface area contributed by atoms with E-state index in [1.54, 1.807) is 18.2 Å². The minimum atomic E-state index is -0.279. The molecule has 0 saturated heterocycles. The van der Waals surface area contributed by atoms with E-state index in [0.717, 1.165) is 0 Å². The van der Waals surface area contributed by atoms with Gasteiger partial charge in [0.15, 0.2) is 0 Å². The fourth-order valence-electron chi connectivity index (χ4n) is 1.12. The van der Waals surface area contributed by atoms with Crippen LogP contribution in [0.5, 0.6) is 0 Å². The first-order chi connectivity index (χ1) is 7.58. The van der Waals surface area contributed by atoms with Gasteiger partial charge in [-0.3, -0.25) is 4.79 Å². The average molecular weight is 257 g/mol. The third-order valence-electron chi connectivity index (χ3n) is 1.91. The van der Waals surface area contributed by atoms with Crippen molar-refractivity contribution < 1.29 is 9.32 Å². The maximum atomic E-state index is 11.0. The van der Waals surface area contributed by atoms with Gasteiger partial charge in [0.2, 0.25) is 11.6 Å². The zero-order valence-corrected chi connectivity index (χ0v) is 9.71. The lowest BCUT2D eigenvalue weighted by Crippen LogP contribution is -1.91. The SMILES string of the molecule is CC(=O)c1nc(-c2ccc(Cl)c(Cl)c2)no1. The van der Waals surface area contributed by atoms with Crippen LogP contribution in [-0.2, 0) is 0 Å². The predicted molar refractivity (Wildman–Crippen MR) is 59.8 cm³/mol. The van der Waals surface area contributed by atoms with Crippen LogP contribution in [0, 0.1) is 0 Å². The number of ketones is 1. The first-order valence-electron chi connectivity index (χ1n) is 4.38. The fraction of sp³-hybridized carbons (Fsp3) is 0.100. The van der Waals surface area contributed by atoms with E-state index in [-0.39, 0.29) is 11.7 Å². The van der Waals surface area contributed by atoms with Gasteiger partial charge in [-0.25, -0.2) is 0 Å². The third-order valence-corrected chi connectivity index (χ3v) is 2.64. The highest BCUT2D eigenvalue weighted by Gasteiger charge is 2.12. The molecule has 0 atom stereocenters. The summed E-state index contributed by atoms with van der Waals surface area (Å²) in [6, 6.07) is 4.94. The van der Waals surface area contributed by atoms with Crippen LogP contribution in [0.1, 0.15) is 17.6 Å². The molecule has 1 heterocycles. The van der Waals surface area contributed by atoms with Gasteiger partial charge in [-0.1, -0.05) is 28.4 Å². The predicted octanol–water partition coefficient (Wildman–Crippen LogP) is 3.25. The van der Waals surface area contributed by atoms with Crippen LogP contribution in [0.2, 0.25) is 10.0 Å². The van der Waals surface area contributed by atoms with E-state index in [1.807, 2.05) is 0 Å². The molecule has 16 heavy (non-hydrogen) atoms. The molecule has 2 rings (SSSR count). The molecular formula is C10H6Cl2N2O2. The number of hydrogen-bond acceptors (Lipinski definition) is 4. The standard InChI is InChI=1S/C10H6Cl2N2O2/c1-5(15)10-13-9(14-16-10)6-2-3-7(11)8(12)4-6/h2-4H,1H3. The normalized spacial score (nSPS) is 10.4. The molecular weight excluding hydrogens is 251 g/mol. The summed E-state index contributed by atoms with van der Waals surface area (Å²) < 4.78 is 4.76. The topological polar surface area (TPSA) is 56.0 Å². The Kier molecular flexibility index (Phi) is 2.94. The molecule has 0 fully saturated rings. The highest BCUT2D eigenvalue weighted by atomic mass is 35.5. The van der Waals surface area contributed by atoms with Crippen LogP contribution in [-0.4, -0.2) is 15.9 Å². The lowest BCUT2D eigenvalue weighted by Gasteiger charge is -1.97. The van der Waals surface area contributed by atoms with Crippen LogP contribution in [0.4, 0.5) is 0 Å². The maximum Gasteiger partial charge on any atom is 0.294 e. The Balaban J connectivity index is 2.42. The number of benzene rings is 1. The maximum absolute atomic E-state index is 11.0. The Morgan fingerprint density at radius 1 is 1.31 bits per heavy atom. The molecule has 1 aromatic carbocycles. The summed E-state index contributed by atoms with van der Waals surface area (Å²) in [5.41, 5.74) is 0.644. The van der Waals surface area contributed by atoms with Crippen LogP contribution in [0.25, 0.3) is 11.4 Å². The van der Waals surface area contributed by atoms with Crippen molar-refractivity contribution in [1.82, 2.24) is 10.1 Å². The molecule has 0 saturated carbocycles. The number of aromatic nitrogens is 2. The molecule has 82 valence electrons. The second-order valence-electron chi connectivity index (χ2n) is 3.11. The van der Waals surface area contributed by atoms with Gasteiger partial charge in [0.1, 0.15) is 0 Å². The number of hydrogen-bond donors (Lipinski definition) is 0.